The van der Waals surface area contributed by atoms with Crippen LogP contribution in [0.3, 0.4) is 0 Å². The molecule has 0 bridgehead atoms. The summed E-state index contributed by atoms with van der Waals surface area (Å²) in [5, 5.41) is 12.3. The summed E-state index contributed by atoms with van der Waals surface area (Å²) in [7, 11) is 0. The average Bonchev–Trinajstić information content (AvgIpc) is 2.35. The highest BCUT2D eigenvalue weighted by atomic mass is 35.5. The van der Waals surface area contributed by atoms with Gasteiger partial charge in [-0.2, -0.15) is 4.98 Å². The molecule has 7 heteroatoms. The van der Waals surface area contributed by atoms with Crippen molar-refractivity contribution in [2.75, 3.05) is 25.1 Å². The summed E-state index contributed by atoms with van der Waals surface area (Å²) in [6.45, 7) is 0.930. The minimum atomic E-state index is -0.600. The van der Waals surface area contributed by atoms with Crippen LogP contribution in [-0.4, -0.2) is 40.4 Å². The van der Waals surface area contributed by atoms with Gasteiger partial charge in [-0.05, 0) is 24.4 Å². The molecule has 1 aromatic heterocycles. The maximum absolute atomic E-state index is 13.5. The molecule has 2 N–H and O–H groups in total. The molecule has 1 aliphatic rings. The molecule has 0 aromatic carbocycles. The molecule has 0 unspecified atom stereocenters. The minimum absolute atomic E-state index is 0.0148. The summed E-state index contributed by atoms with van der Waals surface area (Å²) >= 11 is 5.61. The number of hydrogen-bond donors (Lipinski definition) is 2. The molecule has 0 spiro atoms. The quantitative estimate of drug-likeness (QED) is 0.801. The van der Waals surface area contributed by atoms with Crippen molar-refractivity contribution in [3.8, 4) is 0 Å². The number of aliphatic hydroxyl groups is 1. The maximum Gasteiger partial charge on any atom is 0.224 e. The second kappa shape index (κ2) is 5.12. The van der Waals surface area contributed by atoms with Crippen LogP contribution in [0.4, 0.5) is 10.2 Å². The lowest BCUT2D eigenvalue weighted by Gasteiger charge is -2.36. The largest absolute Gasteiger partial charge is 0.394 e. The smallest absolute Gasteiger partial charge is 0.224 e. The van der Waals surface area contributed by atoms with E-state index in [-0.39, 0.29) is 17.7 Å². The highest BCUT2D eigenvalue weighted by molar-refractivity contribution is 6.28. The highest BCUT2D eigenvalue weighted by Crippen LogP contribution is 2.26. The van der Waals surface area contributed by atoms with E-state index >= 15 is 0 Å². The van der Waals surface area contributed by atoms with E-state index in [1.165, 1.54) is 0 Å². The van der Waals surface area contributed by atoms with Crippen LogP contribution in [0, 0.1) is 5.82 Å². The summed E-state index contributed by atoms with van der Waals surface area (Å²) in [5.74, 6) is -0.574. The molecule has 17 heavy (non-hydrogen) atoms. The van der Waals surface area contributed by atoms with Gasteiger partial charge in [-0.15, -0.1) is 0 Å². The van der Waals surface area contributed by atoms with Crippen molar-refractivity contribution in [3.05, 3.63) is 17.3 Å². The molecule has 94 valence electrons. The van der Waals surface area contributed by atoms with E-state index in [0.717, 1.165) is 6.20 Å². The lowest BCUT2D eigenvalue weighted by atomic mass is 9.91. The van der Waals surface area contributed by atoms with E-state index < -0.39 is 11.4 Å². The molecule has 2 rings (SSSR count). The molecular weight excluding hydrogens is 249 g/mol. The van der Waals surface area contributed by atoms with Crippen LogP contribution in [0.5, 0.6) is 0 Å². The Bertz CT molecular complexity index is 399. The maximum atomic E-state index is 13.5. The van der Waals surface area contributed by atoms with Crippen LogP contribution in [0.15, 0.2) is 6.20 Å². The number of nitrogens with zero attached hydrogens (tertiary/aromatic N) is 2. The Morgan fingerprint density at radius 1 is 1.53 bits per heavy atom. The fourth-order valence-corrected chi connectivity index (χ4v) is 1.90. The zero-order valence-electron chi connectivity index (χ0n) is 9.12. The van der Waals surface area contributed by atoms with Crippen molar-refractivity contribution in [3.63, 3.8) is 0 Å². The van der Waals surface area contributed by atoms with Gasteiger partial charge in [0, 0.05) is 13.2 Å². The Hall–Kier alpha value is -0.980. The number of ether oxygens (including phenoxy) is 1. The van der Waals surface area contributed by atoms with Gasteiger partial charge in [0.15, 0.2) is 11.6 Å². The first-order valence-corrected chi connectivity index (χ1v) is 5.68. The minimum Gasteiger partial charge on any atom is -0.394 e. The van der Waals surface area contributed by atoms with Gasteiger partial charge in [0.1, 0.15) is 0 Å². The van der Waals surface area contributed by atoms with Gasteiger partial charge in [0.25, 0.3) is 0 Å². The van der Waals surface area contributed by atoms with E-state index in [9.17, 15) is 9.50 Å². The molecule has 0 saturated carbocycles. The first kappa shape index (κ1) is 12.5. The van der Waals surface area contributed by atoms with Gasteiger partial charge in [-0.3, -0.25) is 0 Å². The summed E-state index contributed by atoms with van der Waals surface area (Å²) in [6.07, 6.45) is 2.18. The van der Waals surface area contributed by atoms with Gasteiger partial charge in [0.05, 0.1) is 18.3 Å². The van der Waals surface area contributed by atoms with Crippen molar-refractivity contribution in [1.82, 2.24) is 9.97 Å². The normalized spacial score (nSPS) is 19.0. The zero-order chi connectivity index (χ0) is 12.3. The molecule has 0 atom stereocenters. The van der Waals surface area contributed by atoms with E-state index in [4.69, 9.17) is 16.3 Å². The standard InChI is InChI=1S/C10H13ClFN3O2/c11-9-13-5-7(12)8(14-9)15-10(6-16)1-3-17-4-2-10/h5,16H,1-4,6H2,(H,13,14,15). The van der Waals surface area contributed by atoms with E-state index in [1.807, 2.05) is 0 Å². The lowest BCUT2D eigenvalue weighted by Crippen LogP contribution is -2.47. The lowest BCUT2D eigenvalue weighted by molar-refractivity contribution is 0.0377. The average molecular weight is 262 g/mol. The molecule has 1 aliphatic heterocycles. The molecule has 0 aliphatic carbocycles. The number of aromatic nitrogens is 2. The Morgan fingerprint density at radius 3 is 2.88 bits per heavy atom. The topological polar surface area (TPSA) is 67.3 Å². The van der Waals surface area contributed by atoms with Crippen molar-refractivity contribution >= 4 is 17.4 Å². The van der Waals surface area contributed by atoms with Crippen LogP contribution in [0.2, 0.25) is 5.28 Å². The second-order valence-corrected chi connectivity index (χ2v) is 4.35. The van der Waals surface area contributed by atoms with Crippen LogP contribution in [0.1, 0.15) is 12.8 Å². The summed E-state index contributed by atoms with van der Waals surface area (Å²) in [6, 6.07) is 0. The Morgan fingerprint density at radius 2 is 2.24 bits per heavy atom. The third-order valence-electron chi connectivity index (χ3n) is 2.85. The molecule has 1 saturated heterocycles. The van der Waals surface area contributed by atoms with Crippen molar-refractivity contribution in [1.29, 1.82) is 0 Å². The van der Waals surface area contributed by atoms with Crippen LogP contribution < -0.4 is 5.32 Å². The van der Waals surface area contributed by atoms with Gasteiger partial charge in [0.2, 0.25) is 5.28 Å². The summed E-state index contributed by atoms with van der Waals surface area (Å²) < 4.78 is 18.7. The van der Waals surface area contributed by atoms with Crippen LogP contribution in [-0.2, 0) is 4.74 Å². The fraction of sp³-hybridized carbons (Fsp3) is 0.600. The third kappa shape index (κ3) is 2.83. The molecular formula is C10H13ClFN3O2. The monoisotopic (exact) mass is 261 g/mol. The van der Waals surface area contributed by atoms with Crippen LogP contribution in [0.25, 0.3) is 0 Å². The van der Waals surface area contributed by atoms with Crippen LogP contribution >= 0.6 is 11.6 Å². The van der Waals surface area contributed by atoms with Gasteiger partial charge in [-0.25, -0.2) is 9.37 Å². The number of halogens is 2. The molecule has 0 radical (unpaired) electrons. The van der Waals surface area contributed by atoms with E-state index in [0.29, 0.717) is 26.1 Å². The van der Waals surface area contributed by atoms with Crippen molar-refractivity contribution in [2.24, 2.45) is 0 Å². The van der Waals surface area contributed by atoms with Crippen molar-refractivity contribution < 1.29 is 14.2 Å². The molecule has 1 aromatic rings. The Balaban J connectivity index is 2.20. The number of nitrogens with one attached hydrogen (secondary N) is 1. The van der Waals surface area contributed by atoms with E-state index in [2.05, 4.69) is 15.3 Å². The number of aliphatic hydroxyl groups excluding tert-OH is 1. The molecule has 1 fully saturated rings. The zero-order valence-corrected chi connectivity index (χ0v) is 9.87. The third-order valence-corrected chi connectivity index (χ3v) is 3.03. The van der Waals surface area contributed by atoms with Gasteiger partial charge < -0.3 is 15.2 Å². The molecule has 2 heterocycles. The van der Waals surface area contributed by atoms with Gasteiger partial charge >= 0.3 is 0 Å². The Kier molecular flexibility index (Phi) is 3.76. The predicted molar refractivity (Wildman–Crippen MR) is 60.5 cm³/mol. The predicted octanol–water partition coefficient (Wildman–Crippen LogP) is 1.22. The SMILES string of the molecule is OCC1(Nc2nc(Cl)ncc2F)CCOCC1. The number of hydrogen-bond acceptors (Lipinski definition) is 5. The summed E-state index contributed by atoms with van der Waals surface area (Å²) in [4.78, 5) is 7.31. The molecule has 5 nitrogen and oxygen atoms in total. The second-order valence-electron chi connectivity index (χ2n) is 4.01. The Labute approximate surface area is 103 Å². The van der Waals surface area contributed by atoms with Crippen molar-refractivity contribution in [2.45, 2.75) is 18.4 Å². The summed E-state index contributed by atoms with van der Waals surface area (Å²) in [5.41, 5.74) is -0.600. The fourth-order valence-electron chi connectivity index (χ4n) is 1.77. The number of rotatable bonds is 3. The van der Waals surface area contributed by atoms with Gasteiger partial charge in [-0.1, -0.05) is 0 Å². The first-order valence-electron chi connectivity index (χ1n) is 5.30. The first-order chi connectivity index (χ1) is 8.15. The highest BCUT2D eigenvalue weighted by Gasteiger charge is 2.33. The van der Waals surface area contributed by atoms with E-state index in [1.54, 1.807) is 0 Å². The molecule has 0 amide bonds. The number of anilines is 1.